The van der Waals surface area contributed by atoms with E-state index in [-0.39, 0.29) is 17.7 Å². The van der Waals surface area contributed by atoms with Gasteiger partial charge in [-0.15, -0.1) is 0 Å². The van der Waals surface area contributed by atoms with E-state index in [9.17, 15) is 18.3 Å². The van der Waals surface area contributed by atoms with Crippen LogP contribution in [-0.2, 0) is 14.8 Å². The molecule has 2 atom stereocenters. The number of benzene rings is 1. The Hall–Kier alpha value is -1.44. The SMILES string of the molecule is O=C(C1CCN(S(=O)(=O)c2ccccc2)CC1)N1CCC2(O)CCCCC2C1. The third-order valence-electron chi connectivity index (χ3n) is 6.92. The average molecular weight is 407 g/mol. The zero-order valence-electron chi connectivity index (χ0n) is 16.3. The Kier molecular flexibility index (Phi) is 5.51. The Labute approximate surface area is 167 Å². The number of fused-ring (bicyclic) bond motifs is 1. The second kappa shape index (κ2) is 7.76. The number of likely N-dealkylation sites (tertiary alicyclic amines) is 1. The number of hydrogen-bond acceptors (Lipinski definition) is 4. The number of amides is 1. The third-order valence-corrected chi connectivity index (χ3v) is 8.84. The highest BCUT2D eigenvalue weighted by Gasteiger charge is 2.45. The lowest BCUT2D eigenvalue weighted by atomic mass is 9.71. The van der Waals surface area contributed by atoms with Crippen molar-refractivity contribution in [2.24, 2.45) is 11.8 Å². The van der Waals surface area contributed by atoms with Crippen LogP contribution in [0.2, 0.25) is 0 Å². The van der Waals surface area contributed by atoms with Crippen LogP contribution >= 0.6 is 0 Å². The van der Waals surface area contributed by atoms with Crippen LogP contribution in [0.25, 0.3) is 0 Å². The zero-order valence-corrected chi connectivity index (χ0v) is 17.1. The van der Waals surface area contributed by atoms with Crippen LogP contribution < -0.4 is 0 Å². The van der Waals surface area contributed by atoms with Crippen molar-refractivity contribution in [3.05, 3.63) is 30.3 Å². The number of rotatable bonds is 3. The number of sulfonamides is 1. The van der Waals surface area contributed by atoms with Gasteiger partial charge >= 0.3 is 0 Å². The molecule has 28 heavy (non-hydrogen) atoms. The van der Waals surface area contributed by atoms with E-state index in [1.165, 1.54) is 4.31 Å². The second-order valence-electron chi connectivity index (χ2n) is 8.57. The van der Waals surface area contributed by atoms with Gasteiger partial charge < -0.3 is 10.0 Å². The first-order chi connectivity index (χ1) is 13.4. The maximum absolute atomic E-state index is 13.0. The summed E-state index contributed by atoms with van der Waals surface area (Å²) in [6.07, 6.45) is 5.86. The summed E-state index contributed by atoms with van der Waals surface area (Å²) in [5.74, 6) is 0.221. The quantitative estimate of drug-likeness (QED) is 0.835. The lowest BCUT2D eigenvalue weighted by Crippen LogP contribution is -2.56. The average Bonchev–Trinajstić information content (AvgIpc) is 2.73. The summed E-state index contributed by atoms with van der Waals surface area (Å²) in [7, 11) is -3.48. The maximum atomic E-state index is 13.0. The molecule has 6 nitrogen and oxygen atoms in total. The molecule has 154 valence electrons. The number of carbonyl (C=O) groups excluding carboxylic acids is 1. The number of piperidine rings is 2. The summed E-state index contributed by atoms with van der Waals surface area (Å²) in [4.78, 5) is 15.3. The normalized spacial score (nSPS) is 30.0. The fourth-order valence-corrected chi connectivity index (χ4v) is 6.60. The first-order valence-corrected chi connectivity index (χ1v) is 11.9. The van der Waals surface area contributed by atoms with E-state index in [1.54, 1.807) is 30.3 Å². The predicted molar refractivity (Wildman–Crippen MR) is 106 cm³/mol. The van der Waals surface area contributed by atoms with Crippen molar-refractivity contribution in [3.8, 4) is 0 Å². The monoisotopic (exact) mass is 406 g/mol. The van der Waals surface area contributed by atoms with Crippen LogP contribution in [0, 0.1) is 11.8 Å². The van der Waals surface area contributed by atoms with Crippen molar-refractivity contribution >= 4 is 15.9 Å². The second-order valence-corrected chi connectivity index (χ2v) is 10.5. The van der Waals surface area contributed by atoms with Gasteiger partial charge in [0, 0.05) is 38.0 Å². The van der Waals surface area contributed by atoms with Crippen molar-refractivity contribution in [3.63, 3.8) is 0 Å². The van der Waals surface area contributed by atoms with Gasteiger partial charge in [0.05, 0.1) is 10.5 Å². The fraction of sp³-hybridized carbons (Fsp3) is 0.667. The van der Waals surface area contributed by atoms with Gasteiger partial charge in [-0.1, -0.05) is 31.0 Å². The van der Waals surface area contributed by atoms with Gasteiger partial charge in [0.15, 0.2) is 0 Å². The molecule has 1 aromatic carbocycles. The largest absolute Gasteiger partial charge is 0.389 e. The minimum atomic E-state index is -3.48. The molecule has 1 aromatic rings. The van der Waals surface area contributed by atoms with Crippen LogP contribution in [0.15, 0.2) is 35.2 Å². The van der Waals surface area contributed by atoms with Gasteiger partial charge in [0.2, 0.25) is 15.9 Å². The molecule has 2 unspecified atom stereocenters. The minimum absolute atomic E-state index is 0.114. The topological polar surface area (TPSA) is 77.9 Å². The summed E-state index contributed by atoms with van der Waals surface area (Å²) in [6.45, 7) is 2.04. The van der Waals surface area contributed by atoms with Gasteiger partial charge in [0.25, 0.3) is 0 Å². The summed E-state index contributed by atoms with van der Waals surface area (Å²) in [5, 5.41) is 10.8. The minimum Gasteiger partial charge on any atom is -0.389 e. The number of carbonyl (C=O) groups is 1. The van der Waals surface area contributed by atoms with Gasteiger partial charge in [-0.2, -0.15) is 4.31 Å². The molecule has 4 rings (SSSR count). The van der Waals surface area contributed by atoms with Gasteiger partial charge in [-0.3, -0.25) is 4.79 Å². The molecular formula is C21H30N2O4S. The zero-order chi connectivity index (χ0) is 19.8. The van der Waals surface area contributed by atoms with E-state index in [1.807, 2.05) is 4.90 Å². The molecule has 3 fully saturated rings. The lowest BCUT2D eigenvalue weighted by Gasteiger charge is -2.48. The smallest absolute Gasteiger partial charge is 0.243 e. The van der Waals surface area contributed by atoms with Crippen molar-refractivity contribution < 1.29 is 18.3 Å². The molecule has 0 radical (unpaired) electrons. The third kappa shape index (κ3) is 3.72. The highest BCUT2D eigenvalue weighted by atomic mass is 32.2. The van der Waals surface area contributed by atoms with Crippen molar-refractivity contribution in [1.82, 2.24) is 9.21 Å². The maximum Gasteiger partial charge on any atom is 0.243 e. The summed E-state index contributed by atoms with van der Waals surface area (Å²) >= 11 is 0. The summed E-state index contributed by atoms with van der Waals surface area (Å²) in [6, 6.07) is 8.49. The van der Waals surface area contributed by atoms with Gasteiger partial charge in [-0.05, 0) is 44.2 Å². The summed E-state index contributed by atoms with van der Waals surface area (Å²) < 4.78 is 27.0. The molecule has 2 heterocycles. The van der Waals surface area contributed by atoms with Crippen molar-refractivity contribution in [2.75, 3.05) is 26.2 Å². The Morgan fingerprint density at radius 1 is 1.00 bits per heavy atom. The van der Waals surface area contributed by atoms with E-state index < -0.39 is 15.6 Å². The number of hydrogen-bond donors (Lipinski definition) is 1. The van der Waals surface area contributed by atoms with Crippen LogP contribution in [0.3, 0.4) is 0 Å². The Bertz CT molecular complexity index is 805. The molecule has 2 aliphatic heterocycles. The van der Waals surface area contributed by atoms with Crippen LogP contribution in [0.4, 0.5) is 0 Å². The first kappa shape index (κ1) is 19.9. The molecule has 0 aromatic heterocycles. The fourth-order valence-electron chi connectivity index (χ4n) is 5.11. The molecule has 7 heteroatoms. The molecule has 1 aliphatic carbocycles. The van der Waals surface area contributed by atoms with E-state index in [4.69, 9.17) is 0 Å². The molecule has 0 spiro atoms. The Morgan fingerprint density at radius 2 is 1.71 bits per heavy atom. The van der Waals surface area contributed by atoms with Crippen molar-refractivity contribution in [1.29, 1.82) is 0 Å². The lowest BCUT2D eigenvalue weighted by molar-refractivity contribution is -0.148. The molecular weight excluding hydrogens is 376 g/mol. The van der Waals surface area contributed by atoms with E-state index in [0.29, 0.717) is 50.3 Å². The van der Waals surface area contributed by atoms with Gasteiger partial charge in [-0.25, -0.2) is 8.42 Å². The van der Waals surface area contributed by atoms with Crippen LogP contribution in [0.1, 0.15) is 44.9 Å². The van der Waals surface area contributed by atoms with Crippen LogP contribution in [-0.4, -0.2) is 60.4 Å². The molecule has 1 amide bonds. The molecule has 0 bridgehead atoms. The first-order valence-electron chi connectivity index (χ1n) is 10.5. The van der Waals surface area contributed by atoms with Crippen LogP contribution in [0.5, 0.6) is 0 Å². The number of aliphatic hydroxyl groups is 1. The molecule has 1 saturated carbocycles. The van der Waals surface area contributed by atoms with Crippen molar-refractivity contribution in [2.45, 2.75) is 55.4 Å². The highest BCUT2D eigenvalue weighted by molar-refractivity contribution is 7.89. The number of nitrogens with zero attached hydrogens (tertiary/aromatic N) is 2. The highest BCUT2D eigenvalue weighted by Crippen LogP contribution is 2.40. The molecule has 2 saturated heterocycles. The van der Waals surface area contributed by atoms with Gasteiger partial charge in [0.1, 0.15) is 0 Å². The summed E-state index contributed by atoms with van der Waals surface area (Å²) in [5.41, 5.74) is -0.581. The Balaban J connectivity index is 1.36. The molecule has 1 N–H and O–H groups in total. The standard InChI is InChI=1S/C21H30N2O4S/c24-20(22-15-12-21(25)11-5-4-6-18(21)16-22)17-9-13-23(14-10-17)28(26,27)19-7-2-1-3-8-19/h1-3,7-8,17-18,25H,4-6,9-16H2. The predicted octanol–water partition coefficient (Wildman–Crippen LogP) is 2.24. The van der Waals surface area contributed by atoms with E-state index in [2.05, 4.69) is 0 Å². The van der Waals surface area contributed by atoms with E-state index in [0.717, 1.165) is 25.7 Å². The Morgan fingerprint density at radius 3 is 2.43 bits per heavy atom. The van der Waals surface area contributed by atoms with E-state index >= 15 is 0 Å². The molecule has 3 aliphatic rings.